The summed E-state index contributed by atoms with van der Waals surface area (Å²) in [6, 6.07) is 17.3. The van der Waals surface area contributed by atoms with Gasteiger partial charge in [0.1, 0.15) is 0 Å². The summed E-state index contributed by atoms with van der Waals surface area (Å²) < 4.78 is 10.5. The van der Waals surface area contributed by atoms with Crippen molar-refractivity contribution < 1.29 is 19.1 Å². The lowest BCUT2D eigenvalue weighted by molar-refractivity contribution is -0.133. The number of methoxy groups -OCH3 is 2. The first-order chi connectivity index (χ1) is 18.0. The number of aromatic nitrogens is 1. The minimum Gasteiger partial charge on any atom is -0.361 e. The predicted molar refractivity (Wildman–Crippen MR) is 144 cm³/mol. The summed E-state index contributed by atoms with van der Waals surface area (Å²) in [5.41, 5.74) is 2.26. The number of nitrogens with one attached hydrogen (secondary N) is 4. The fourth-order valence-corrected chi connectivity index (χ4v) is 5.17. The highest BCUT2D eigenvalue weighted by atomic mass is 16.7. The molecule has 1 aromatic heterocycles. The standard InChI is InChI=1S/C29H38N4O4/c1-36-26(37-2)20-31-27(34)25(17-22-19-30-24-14-8-7-13-23(22)24)33-29(15-9-4-10-16-29)28(35)32-18-21-11-5-3-6-12-21/h3,5-8,11-14,19,25-26,30,33H,4,9-10,15-18,20H2,1-2H3,(H,31,34)(H,32,35)/t25-/m0/s1. The van der Waals surface area contributed by atoms with Gasteiger partial charge in [-0.25, -0.2) is 0 Å². The molecule has 1 aliphatic carbocycles. The summed E-state index contributed by atoms with van der Waals surface area (Å²) in [5.74, 6) is -0.246. The van der Waals surface area contributed by atoms with Crippen LogP contribution in [-0.4, -0.2) is 55.4 Å². The van der Waals surface area contributed by atoms with Crippen LogP contribution in [0.2, 0.25) is 0 Å². The van der Waals surface area contributed by atoms with E-state index in [0.29, 0.717) is 25.8 Å². The fraction of sp³-hybridized carbons (Fsp3) is 0.448. The van der Waals surface area contributed by atoms with E-state index in [0.717, 1.165) is 41.3 Å². The Bertz CT molecular complexity index is 1150. The maximum Gasteiger partial charge on any atom is 0.240 e. The zero-order valence-corrected chi connectivity index (χ0v) is 21.7. The zero-order chi connectivity index (χ0) is 26.1. The third-order valence-corrected chi connectivity index (χ3v) is 7.27. The highest BCUT2D eigenvalue weighted by Crippen LogP contribution is 2.30. The molecule has 0 radical (unpaired) electrons. The van der Waals surface area contributed by atoms with E-state index in [1.54, 1.807) is 0 Å². The molecule has 0 saturated heterocycles. The Morgan fingerprint density at radius 3 is 2.38 bits per heavy atom. The number of carbonyl (C=O) groups is 2. The molecule has 2 amide bonds. The smallest absolute Gasteiger partial charge is 0.240 e. The van der Waals surface area contributed by atoms with E-state index < -0.39 is 17.9 Å². The normalized spacial score (nSPS) is 16.0. The van der Waals surface area contributed by atoms with Crippen molar-refractivity contribution in [2.75, 3.05) is 20.8 Å². The summed E-state index contributed by atoms with van der Waals surface area (Å²) in [5, 5.41) is 10.7. The van der Waals surface area contributed by atoms with Gasteiger partial charge >= 0.3 is 0 Å². The highest BCUT2D eigenvalue weighted by molar-refractivity contribution is 5.89. The van der Waals surface area contributed by atoms with Crippen LogP contribution in [0.3, 0.4) is 0 Å². The van der Waals surface area contributed by atoms with Crippen LogP contribution in [0.15, 0.2) is 60.8 Å². The highest BCUT2D eigenvalue weighted by Gasteiger charge is 2.42. The molecular formula is C29H38N4O4. The molecule has 2 aromatic carbocycles. The first-order valence-electron chi connectivity index (χ1n) is 13.0. The van der Waals surface area contributed by atoms with Crippen molar-refractivity contribution in [3.8, 4) is 0 Å². The van der Waals surface area contributed by atoms with E-state index in [-0.39, 0.29) is 18.4 Å². The van der Waals surface area contributed by atoms with Gasteiger partial charge in [-0.15, -0.1) is 0 Å². The number of rotatable bonds is 12. The Kier molecular flexibility index (Phi) is 9.33. The number of hydrogen-bond acceptors (Lipinski definition) is 5. The summed E-state index contributed by atoms with van der Waals surface area (Å²) in [7, 11) is 3.08. The van der Waals surface area contributed by atoms with Gasteiger partial charge in [0.2, 0.25) is 11.8 Å². The molecule has 1 heterocycles. The van der Waals surface area contributed by atoms with Crippen molar-refractivity contribution in [3.63, 3.8) is 0 Å². The van der Waals surface area contributed by atoms with E-state index in [1.807, 2.05) is 60.8 Å². The minimum atomic E-state index is -0.816. The SMILES string of the molecule is COC(CNC(=O)[C@H](Cc1c[nH]c2ccccc12)NC1(C(=O)NCc2ccccc2)CCCCC1)OC. The molecule has 1 aliphatic rings. The Labute approximate surface area is 218 Å². The van der Waals surface area contributed by atoms with Crippen molar-refractivity contribution in [1.29, 1.82) is 0 Å². The number of H-pyrrole nitrogens is 1. The van der Waals surface area contributed by atoms with E-state index >= 15 is 0 Å². The molecule has 4 N–H and O–H groups in total. The lowest BCUT2D eigenvalue weighted by Gasteiger charge is -2.39. The first kappa shape index (κ1) is 26.9. The Morgan fingerprint density at radius 2 is 1.65 bits per heavy atom. The molecule has 4 rings (SSSR count). The Balaban J connectivity index is 1.56. The molecule has 0 aliphatic heterocycles. The third-order valence-electron chi connectivity index (χ3n) is 7.27. The fourth-order valence-electron chi connectivity index (χ4n) is 5.17. The summed E-state index contributed by atoms with van der Waals surface area (Å²) in [6.07, 6.45) is 6.16. The molecule has 0 unspecified atom stereocenters. The van der Waals surface area contributed by atoms with Gasteiger partial charge < -0.3 is 25.1 Å². The number of ether oxygens (including phenoxy) is 2. The monoisotopic (exact) mass is 506 g/mol. The van der Waals surface area contributed by atoms with Crippen LogP contribution < -0.4 is 16.0 Å². The number of aromatic amines is 1. The van der Waals surface area contributed by atoms with Gasteiger partial charge in [0.05, 0.1) is 18.1 Å². The molecule has 0 spiro atoms. The zero-order valence-electron chi connectivity index (χ0n) is 21.7. The van der Waals surface area contributed by atoms with Crippen LogP contribution in [0.4, 0.5) is 0 Å². The van der Waals surface area contributed by atoms with E-state index in [9.17, 15) is 9.59 Å². The average molecular weight is 507 g/mol. The van der Waals surface area contributed by atoms with Gasteiger partial charge in [0, 0.05) is 37.9 Å². The van der Waals surface area contributed by atoms with Gasteiger partial charge in [-0.1, -0.05) is 67.8 Å². The van der Waals surface area contributed by atoms with Crippen molar-refractivity contribution >= 4 is 22.7 Å². The maximum atomic E-state index is 13.7. The Morgan fingerprint density at radius 1 is 0.946 bits per heavy atom. The molecule has 1 atom stereocenters. The van der Waals surface area contributed by atoms with Crippen LogP contribution in [0.1, 0.15) is 43.2 Å². The van der Waals surface area contributed by atoms with Crippen molar-refractivity contribution in [2.24, 2.45) is 0 Å². The van der Waals surface area contributed by atoms with Crippen LogP contribution in [-0.2, 0) is 32.0 Å². The van der Waals surface area contributed by atoms with Crippen LogP contribution in [0.25, 0.3) is 10.9 Å². The van der Waals surface area contributed by atoms with Crippen LogP contribution in [0, 0.1) is 0 Å². The summed E-state index contributed by atoms with van der Waals surface area (Å²) >= 11 is 0. The van der Waals surface area contributed by atoms with E-state index in [4.69, 9.17) is 9.47 Å². The number of carbonyl (C=O) groups excluding carboxylic acids is 2. The molecule has 3 aromatic rings. The second-order valence-electron chi connectivity index (χ2n) is 9.72. The number of amides is 2. The molecule has 8 nitrogen and oxygen atoms in total. The molecule has 1 fully saturated rings. The lowest BCUT2D eigenvalue weighted by atomic mass is 9.79. The minimum absolute atomic E-state index is 0.0561. The summed E-state index contributed by atoms with van der Waals surface area (Å²) in [6.45, 7) is 0.664. The van der Waals surface area contributed by atoms with Gasteiger partial charge in [-0.2, -0.15) is 0 Å². The van der Waals surface area contributed by atoms with Gasteiger partial charge in [0.25, 0.3) is 0 Å². The average Bonchev–Trinajstić information content (AvgIpc) is 3.35. The second kappa shape index (κ2) is 12.9. The van der Waals surface area contributed by atoms with Gasteiger partial charge in [-0.3, -0.25) is 14.9 Å². The number of fused-ring (bicyclic) bond motifs is 1. The predicted octanol–water partition coefficient (Wildman–Crippen LogP) is 3.42. The Hall–Kier alpha value is -3.20. The number of para-hydroxylation sites is 1. The van der Waals surface area contributed by atoms with Gasteiger partial charge in [-0.05, 0) is 36.5 Å². The maximum absolute atomic E-state index is 13.7. The quantitative estimate of drug-likeness (QED) is 0.282. The molecular weight excluding hydrogens is 468 g/mol. The van der Waals surface area contributed by atoms with Gasteiger partial charge in [0.15, 0.2) is 6.29 Å². The van der Waals surface area contributed by atoms with Crippen molar-refractivity contribution in [2.45, 2.75) is 62.9 Å². The first-order valence-corrected chi connectivity index (χ1v) is 13.0. The van der Waals surface area contributed by atoms with Crippen LogP contribution in [0.5, 0.6) is 0 Å². The number of benzene rings is 2. The molecule has 0 bridgehead atoms. The van der Waals surface area contributed by atoms with E-state index in [1.165, 1.54) is 14.2 Å². The second-order valence-corrected chi connectivity index (χ2v) is 9.72. The molecule has 198 valence electrons. The molecule has 37 heavy (non-hydrogen) atoms. The lowest BCUT2D eigenvalue weighted by Crippen LogP contribution is -2.64. The topological polar surface area (TPSA) is 104 Å². The largest absolute Gasteiger partial charge is 0.361 e. The third kappa shape index (κ3) is 6.77. The molecule has 1 saturated carbocycles. The molecule has 8 heteroatoms. The van der Waals surface area contributed by atoms with Crippen molar-refractivity contribution in [3.05, 3.63) is 71.9 Å². The van der Waals surface area contributed by atoms with Crippen LogP contribution >= 0.6 is 0 Å². The van der Waals surface area contributed by atoms with Crippen molar-refractivity contribution in [1.82, 2.24) is 20.9 Å². The number of hydrogen-bond donors (Lipinski definition) is 4. The van der Waals surface area contributed by atoms with E-state index in [2.05, 4.69) is 20.9 Å². The summed E-state index contributed by atoms with van der Waals surface area (Å²) in [4.78, 5) is 30.5.